The summed E-state index contributed by atoms with van der Waals surface area (Å²) < 4.78 is 13.0. The van der Waals surface area contributed by atoms with Crippen LogP contribution >= 0.6 is 11.8 Å². The van der Waals surface area contributed by atoms with Crippen molar-refractivity contribution in [2.75, 3.05) is 26.5 Å². The van der Waals surface area contributed by atoms with E-state index in [4.69, 9.17) is 14.3 Å². The summed E-state index contributed by atoms with van der Waals surface area (Å²) in [7, 11) is 1.67. The highest BCUT2D eigenvalue weighted by atomic mass is 32.2. The SMILES string of the molecule is COCC1CCCN1C(=O)c1cc2c(cn1)c(-c1coc3ccccc13)nn2CSC. The van der Waals surface area contributed by atoms with Gasteiger partial charge in [0.1, 0.15) is 23.2 Å². The molecule has 1 unspecified atom stereocenters. The largest absolute Gasteiger partial charge is 0.464 e. The molecule has 0 aliphatic carbocycles. The van der Waals surface area contributed by atoms with Crippen molar-refractivity contribution in [3.8, 4) is 11.3 Å². The second-order valence-corrected chi connectivity index (χ2v) is 8.58. The van der Waals surface area contributed by atoms with E-state index in [0.29, 0.717) is 18.2 Å². The molecule has 1 aliphatic rings. The molecule has 0 N–H and O–H groups in total. The van der Waals surface area contributed by atoms with E-state index < -0.39 is 0 Å². The number of carbonyl (C=O) groups excluding carboxylic acids is 1. The summed E-state index contributed by atoms with van der Waals surface area (Å²) in [4.78, 5) is 19.6. The minimum Gasteiger partial charge on any atom is -0.464 e. The quantitative estimate of drug-likeness (QED) is 0.446. The molecule has 160 valence electrons. The second-order valence-electron chi connectivity index (χ2n) is 7.75. The van der Waals surface area contributed by atoms with E-state index >= 15 is 0 Å². The fourth-order valence-electron chi connectivity index (χ4n) is 4.38. The van der Waals surface area contributed by atoms with Gasteiger partial charge in [-0.25, -0.2) is 0 Å². The lowest BCUT2D eigenvalue weighted by molar-refractivity contribution is 0.0625. The standard InChI is InChI=1S/C23H24N4O3S/c1-29-12-15-6-5-9-26(15)23(28)19-10-20-17(11-24-19)22(25-27(20)14-31-2)18-13-30-21-8-4-3-7-16(18)21/h3-4,7-8,10-11,13,15H,5-6,9,12,14H2,1-2H3. The molecule has 4 aromatic rings. The van der Waals surface area contributed by atoms with E-state index in [9.17, 15) is 4.79 Å². The van der Waals surface area contributed by atoms with E-state index in [0.717, 1.165) is 52.5 Å². The Morgan fingerprint density at radius 1 is 1.32 bits per heavy atom. The number of pyridine rings is 1. The smallest absolute Gasteiger partial charge is 0.272 e. The summed E-state index contributed by atoms with van der Waals surface area (Å²) in [6, 6.07) is 9.90. The molecule has 0 bridgehead atoms. The van der Waals surface area contributed by atoms with Crippen LogP contribution in [0.15, 0.2) is 47.2 Å². The molecule has 5 rings (SSSR count). The summed E-state index contributed by atoms with van der Waals surface area (Å²) >= 11 is 1.68. The molecule has 8 heteroatoms. The first kappa shape index (κ1) is 20.1. The van der Waals surface area contributed by atoms with Crippen molar-refractivity contribution in [3.05, 3.63) is 48.5 Å². The van der Waals surface area contributed by atoms with Gasteiger partial charge in [-0.3, -0.25) is 14.5 Å². The van der Waals surface area contributed by atoms with Gasteiger partial charge in [-0.2, -0.15) is 5.10 Å². The van der Waals surface area contributed by atoms with Gasteiger partial charge in [-0.15, -0.1) is 11.8 Å². The maximum absolute atomic E-state index is 13.2. The van der Waals surface area contributed by atoms with Crippen LogP contribution in [-0.4, -0.2) is 58.1 Å². The van der Waals surface area contributed by atoms with Gasteiger partial charge in [0.25, 0.3) is 5.91 Å². The number of hydrogen-bond acceptors (Lipinski definition) is 6. The van der Waals surface area contributed by atoms with Crippen LogP contribution < -0.4 is 0 Å². The van der Waals surface area contributed by atoms with Crippen molar-refractivity contribution in [1.82, 2.24) is 19.7 Å². The van der Waals surface area contributed by atoms with Crippen LogP contribution in [0.4, 0.5) is 0 Å². The molecule has 1 atom stereocenters. The van der Waals surface area contributed by atoms with Crippen molar-refractivity contribution in [2.45, 2.75) is 24.8 Å². The Morgan fingerprint density at radius 3 is 3.03 bits per heavy atom. The molecule has 0 saturated carbocycles. The predicted molar refractivity (Wildman–Crippen MR) is 122 cm³/mol. The molecule has 3 aromatic heterocycles. The van der Waals surface area contributed by atoms with Gasteiger partial charge in [0, 0.05) is 36.2 Å². The molecule has 1 aromatic carbocycles. The van der Waals surface area contributed by atoms with E-state index in [1.54, 1.807) is 31.3 Å². The number of para-hydroxylation sites is 1. The Balaban J connectivity index is 1.59. The summed E-state index contributed by atoms with van der Waals surface area (Å²) in [6.07, 6.45) is 7.50. The third-order valence-corrected chi connectivity index (χ3v) is 6.34. The highest BCUT2D eigenvalue weighted by Gasteiger charge is 2.30. The maximum Gasteiger partial charge on any atom is 0.272 e. The van der Waals surface area contributed by atoms with Gasteiger partial charge in [0.05, 0.1) is 24.0 Å². The number of nitrogens with zero attached hydrogens (tertiary/aromatic N) is 4. The molecule has 0 spiro atoms. The number of aromatic nitrogens is 3. The van der Waals surface area contributed by atoms with E-state index in [1.807, 2.05) is 46.2 Å². The fraction of sp³-hybridized carbons (Fsp3) is 0.348. The monoisotopic (exact) mass is 436 g/mol. The first-order chi connectivity index (χ1) is 15.2. The molecule has 1 aliphatic heterocycles. The van der Waals surface area contributed by atoms with Crippen LogP contribution in [0.3, 0.4) is 0 Å². The van der Waals surface area contributed by atoms with Crippen molar-refractivity contribution in [2.24, 2.45) is 0 Å². The number of likely N-dealkylation sites (tertiary alicyclic amines) is 1. The average Bonchev–Trinajstić information content (AvgIpc) is 3.51. The van der Waals surface area contributed by atoms with Gasteiger partial charge in [0.2, 0.25) is 0 Å². The first-order valence-corrected chi connectivity index (χ1v) is 11.7. The normalized spacial score (nSPS) is 16.6. The Kier molecular flexibility index (Phi) is 5.41. The number of fused-ring (bicyclic) bond motifs is 2. The number of carbonyl (C=O) groups is 1. The van der Waals surface area contributed by atoms with Gasteiger partial charge in [0.15, 0.2) is 0 Å². The highest BCUT2D eigenvalue weighted by molar-refractivity contribution is 7.97. The Morgan fingerprint density at radius 2 is 2.19 bits per heavy atom. The number of ether oxygens (including phenoxy) is 1. The number of methoxy groups -OCH3 is 1. The zero-order valence-corrected chi connectivity index (χ0v) is 18.4. The van der Waals surface area contributed by atoms with Crippen LogP contribution in [-0.2, 0) is 10.6 Å². The zero-order valence-electron chi connectivity index (χ0n) is 17.6. The van der Waals surface area contributed by atoms with Gasteiger partial charge < -0.3 is 14.1 Å². The molecule has 4 heterocycles. The fourth-order valence-corrected chi connectivity index (χ4v) is 4.82. The van der Waals surface area contributed by atoms with Gasteiger partial charge >= 0.3 is 0 Å². The lowest BCUT2D eigenvalue weighted by Gasteiger charge is -2.23. The van der Waals surface area contributed by atoms with E-state index in [2.05, 4.69) is 4.98 Å². The second kappa shape index (κ2) is 8.36. The summed E-state index contributed by atoms with van der Waals surface area (Å²) in [5.74, 6) is 0.633. The van der Waals surface area contributed by atoms with Crippen molar-refractivity contribution < 1.29 is 13.9 Å². The number of furan rings is 1. The molecule has 1 fully saturated rings. The van der Waals surface area contributed by atoms with Crippen LogP contribution in [0, 0.1) is 0 Å². The van der Waals surface area contributed by atoms with Crippen LogP contribution in [0.25, 0.3) is 33.1 Å². The summed E-state index contributed by atoms with van der Waals surface area (Å²) in [5.41, 5.74) is 3.92. The predicted octanol–water partition coefficient (Wildman–Crippen LogP) is 4.42. The molecular formula is C23H24N4O3S. The maximum atomic E-state index is 13.2. The lowest BCUT2D eigenvalue weighted by Crippen LogP contribution is -2.38. The van der Waals surface area contributed by atoms with Crippen molar-refractivity contribution in [1.29, 1.82) is 0 Å². The van der Waals surface area contributed by atoms with E-state index in [-0.39, 0.29) is 11.9 Å². The first-order valence-electron chi connectivity index (χ1n) is 10.3. The lowest BCUT2D eigenvalue weighted by atomic mass is 10.1. The van der Waals surface area contributed by atoms with E-state index in [1.165, 1.54) is 0 Å². The molecule has 0 radical (unpaired) electrons. The molecule has 1 saturated heterocycles. The highest BCUT2D eigenvalue weighted by Crippen LogP contribution is 2.35. The molecular weight excluding hydrogens is 412 g/mol. The van der Waals surface area contributed by atoms with Crippen LogP contribution in [0.5, 0.6) is 0 Å². The third kappa shape index (κ3) is 3.49. The topological polar surface area (TPSA) is 73.4 Å². The minimum absolute atomic E-state index is 0.0475. The number of hydrogen-bond donors (Lipinski definition) is 0. The average molecular weight is 437 g/mol. The molecule has 7 nitrogen and oxygen atoms in total. The summed E-state index contributed by atoms with van der Waals surface area (Å²) in [6.45, 7) is 1.29. The minimum atomic E-state index is -0.0475. The Labute approximate surface area is 184 Å². The zero-order chi connectivity index (χ0) is 21.4. The number of amides is 1. The number of thioether (sulfide) groups is 1. The molecule has 31 heavy (non-hydrogen) atoms. The number of benzene rings is 1. The van der Waals surface area contributed by atoms with Crippen molar-refractivity contribution in [3.63, 3.8) is 0 Å². The third-order valence-electron chi connectivity index (χ3n) is 5.84. The molecule has 1 amide bonds. The Bertz CT molecular complexity index is 1250. The summed E-state index contributed by atoms with van der Waals surface area (Å²) in [5, 5.41) is 6.79. The van der Waals surface area contributed by atoms with Gasteiger partial charge in [-0.05, 0) is 31.2 Å². The Hall–Kier alpha value is -2.84. The number of rotatable bonds is 6. The van der Waals surface area contributed by atoms with Gasteiger partial charge in [-0.1, -0.05) is 18.2 Å². The van der Waals surface area contributed by atoms with Crippen molar-refractivity contribution >= 4 is 39.5 Å². The van der Waals surface area contributed by atoms with Crippen LogP contribution in [0.2, 0.25) is 0 Å². The van der Waals surface area contributed by atoms with Crippen LogP contribution in [0.1, 0.15) is 23.3 Å².